The third-order valence-corrected chi connectivity index (χ3v) is 4.39. The summed E-state index contributed by atoms with van der Waals surface area (Å²) in [4.78, 5) is 11.0. The lowest BCUT2D eigenvalue weighted by molar-refractivity contribution is -0.114. The smallest absolute Gasteiger partial charge is 0.221 e. The SMILES string of the molecule is CC(=O)Nc1ccc(CCCNC(C)Cc2ccc(Br)cc2)cc1. The Morgan fingerprint density at radius 3 is 2.29 bits per heavy atom. The van der Waals surface area contributed by atoms with E-state index in [4.69, 9.17) is 0 Å². The highest BCUT2D eigenvalue weighted by molar-refractivity contribution is 9.10. The summed E-state index contributed by atoms with van der Waals surface area (Å²) in [5.41, 5.74) is 3.51. The molecule has 2 N–H and O–H groups in total. The van der Waals surface area contributed by atoms with Crippen LogP contribution in [0.5, 0.6) is 0 Å². The average molecular weight is 389 g/mol. The van der Waals surface area contributed by atoms with Crippen molar-refractivity contribution in [3.05, 3.63) is 64.1 Å². The zero-order valence-electron chi connectivity index (χ0n) is 14.3. The van der Waals surface area contributed by atoms with Crippen LogP contribution < -0.4 is 10.6 Å². The van der Waals surface area contributed by atoms with Gasteiger partial charge in [-0.25, -0.2) is 0 Å². The summed E-state index contributed by atoms with van der Waals surface area (Å²) in [5.74, 6) is -0.0355. The minimum Gasteiger partial charge on any atom is -0.326 e. The topological polar surface area (TPSA) is 41.1 Å². The number of carbonyl (C=O) groups is 1. The fraction of sp³-hybridized carbons (Fsp3) is 0.350. The lowest BCUT2D eigenvalue weighted by atomic mass is 10.1. The molecule has 4 heteroatoms. The number of rotatable bonds is 8. The van der Waals surface area contributed by atoms with Crippen molar-refractivity contribution in [3.8, 4) is 0 Å². The predicted molar refractivity (Wildman–Crippen MR) is 104 cm³/mol. The van der Waals surface area contributed by atoms with E-state index in [1.165, 1.54) is 18.1 Å². The maximum Gasteiger partial charge on any atom is 0.221 e. The first-order valence-corrected chi connectivity index (χ1v) is 9.16. The van der Waals surface area contributed by atoms with Gasteiger partial charge < -0.3 is 10.6 Å². The molecule has 0 spiro atoms. The molecule has 2 rings (SSSR count). The number of hydrogen-bond acceptors (Lipinski definition) is 2. The molecule has 24 heavy (non-hydrogen) atoms. The molecule has 128 valence electrons. The van der Waals surface area contributed by atoms with Crippen molar-refractivity contribution in [3.63, 3.8) is 0 Å². The molecule has 0 aliphatic rings. The number of carbonyl (C=O) groups excluding carboxylic acids is 1. The van der Waals surface area contributed by atoms with Gasteiger partial charge in [0.1, 0.15) is 0 Å². The molecule has 1 atom stereocenters. The highest BCUT2D eigenvalue weighted by atomic mass is 79.9. The van der Waals surface area contributed by atoms with Crippen LogP contribution in [-0.4, -0.2) is 18.5 Å². The first-order valence-electron chi connectivity index (χ1n) is 8.37. The number of nitrogens with one attached hydrogen (secondary N) is 2. The second-order valence-corrected chi connectivity index (χ2v) is 7.08. The zero-order valence-corrected chi connectivity index (χ0v) is 15.9. The van der Waals surface area contributed by atoms with Crippen molar-refractivity contribution < 1.29 is 4.79 Å². The van der Waals surface area contributed by atoms with Crippen molar-refractivity contribution >= 4 is 27.5 Å². The van der Waals surface area contributed by atoms with Crippen LogP contribution in [0.1, 0.15) is 31.4 Å². The van der Waals surface area contributed by atoms with E-state index in [0.717, 1.165) is 36.0 Å². The van der Waals surface area contributed by atoms with Gasteiger partial charge in [-0.15, -0.1) is 0 Å². The molecule has 3 nitrogen and oxygen atoms in total. The van der Waals surface area contributed by atoms with Crippen LogP contribution in [0.3, 0.4) is 0 Å². The molecule has 0 radical (unpaired) electrons. The Morgan fingerprint density at radius 2 is 1.67 bits per heavy atom. The lowest BCUT2D eigenvalue weighted by Crippen LogP contribution is -2.29. The van der Waals surface area contributed by atoms with Gasteiger partial charge in [0.15, 0.2) is 0 Å². The maximum atomic E-state index is 11.0. The Labute approximate surface area is 153 Å². The van der Waals surface area contributed by atoms with Crippen molar-refractivity contribution in [1.82, 2.24) is 5.32 Å². The number of halogens is 1. The number of aryl methyl sites for hydroxylation is 1. The molecule has 1 unspecified atom stereocenters. The number of amides is 1. The summed E-state index contributed by atoms with van der Waals surface area (Å²) in [6.07, 6.45) is 3.18. The van der Waals surface area contributed by atoms with E-state index < -0.39 is 0 Å². The Morgan fingerprint density at radius 1 is 1.04 bits per heavy atom. The Bertz CT molecular complexity index is 638. The molecule has 1 amide bonds. The Kier molecular flexibility index (Phi) is 7.47. The van der Waals surface area contributed by atoms with Gasteiger partial charge in [-0.1, -0.05) is 40.2 Å². The van der Waals surface area contributed by atoms with Crippen LogP contribution in [0.4, 0.5) is 5.69 Å². The first kappa shape index (κ1) is 18.7. The predicted octanol–water partition coefficient (Wildman–Crippen LogP) is 4.56. The molecule has 0 aromatic heterocycles. The number of benzene rings is 2. The van der Waals surface area contributed by atoms with Crippen LogP contribution >= 0.6 is 15.9 Å². The quantitative estimate of drug-likeness (QED) is 0.650. The summed E-state index contributed by atoms with van der Waals surface area (Å²) in [5, 5.41) is 6.37. The fourth-order valence-electron chi connectivity index (χ4n) is 2.65. The summed E-state index contributed by atoms with van der Waals surface area (Å²) < 4.78 is 1.12. The van der Waals surface area contributed by atoms with Crippen LogP contribution in [0.2, 0.25) is 0 Å². The molecule has 0 bridgehead atoms. The summed E-state index contributed by atoms with van der Waals surface area (Å²) >= 11 is 3.46. The summed E-state index contributed by atoms with van der Waals surface area (Å²) in [6, 6.07) is 17.1. The van der Waals surface area contributed by atoms with E-state index in [1.54, 1.807) is 0 Å². The molecule has 0 saturated carbocycles. The molecule has 0 saturated heterocycles. The Hall–Kier alpha value is -1.65. The second-order valence-electron chi connectivity index (χ2n) is 6.17. The lowest BCUT2D eigenvalue weighted by Gasteiger charge is -2.14. The van der Waals surface area contributed by atoms with E-state index >= 15 is 0 Å². The van der Waals surface area contributed by atoms with Crippen LogP contribution in [0, 0.1) is 0 Å². The third-order valence-electron chi connectivity index (χ3n) is 3.86. The van der Waals surface area contributed by atoms with E-state index in [-0.39, 0.29) is 5.91 Å². The monoisotopic (exact) mass is 388 g/mol. The minimum atomic E-state index is -0.0355. The molecule has 0 aliphatic heterocycles. The standard InChI is InChI=1S/C20H25BrN2O/c1-15(14-18-5-9-19(21)10-6-18)22-13-3-4-17-7-11-20(12-8-17)23-16(2)24/h5-12,15,22H,3-4,13-14H2,1-2H3,(H,23,24). The first-order chi connectivity index (χ1) is 11.5. The van der Waals surface area contributed by atoms with Crippen LogP contribution in [-0.2, 0) is 17.6 Å². The molecule has 0 aliphatic carbocycles. The minimum absolute atomic E-state index is 0.0355. The summed E-state index contributed by atoms with van der Waals surface area (Å²) in [6.45, 7) is 4.75. The zero-order chi connectivity index (χ0) is 17.4. The van der Waals surface area contributed by atoms with Crippen LogP contribution in [0.15, 0.2) is 53.0 Å². The van der Waals surface area contributed by atoms with Crippen molar-refractivity contribution in [2.24, 2.45) is 0 Å². The van der Waals surface area contributed by atoms with Gasteiger partial charge in [-0.05, 0) is 68.1 Å². The highest BCUT2D eigenvalue weighted by Crippen LogP contribution is 2.12. The molecule has 0 heterocycles. The van der Waals surface area contributed by atoms with Gasteiger partial charge in [-0.3, -0.25) is 4.79 Å². The summed E-state index contributed by atoms with van der Waals surface area (Å²) in [7, 11) is 0. The molecule has 0 fully saturated rings. The van der Waals surface area contributed by atoms with Gasteiger partial charge >= 0.3 is 0 Å². The molecular formula is C20H25BrN2O. The van der Waals surface area contributed by atoms with Gasteiger partial charge in [0.25, 0.3) is 0 Å². The van der Waals surface area contributed by atoms with E-state index in [0.29, 0.717) is 6.04 Å². The highest BCUT2D eigenvalue weighted by Gasteiger charge is 2.03. The largest absolute Gasteiger partial charge is 0.326 e. The second kappa shape index (κ2) is 9.60. The van der Waals surface area contributed by atoms with Gasteiger partial charge in [-0.2, -0.15) is 0 Å². The molecular weight excluding hydrogens is 364 g/mol. The average Bonchev–Trinajstić information content (AvgIpc) is 2.55. The van der Waals surface area contributed by atoms with Gasteiger partial charge in [0, 0.05) is 23.1 Å². The van der Waals surface area contributed by atoms with Crippen molar-refractivity contribution in [1.29, 1.82) is 0 Å². The molecule has 2 aromatic rings. The fourth-order valence-corrected chi connectivity index (χ4v) is 2.91. The molecule has 2 aromatic carbocycles. The number of hydrogen-bond donors (Lipinski definition) is 2. The third kappa shape index (κ3) is 6.85. The van der Waals surface area contributed by atoms with E-state index in [2.05, 4.69) is 69.9 Å². The van der Waals surface area contributed by atoms with Crippen molar-refractivity contribution in [2.75, 3.05) is 11.9 Å². The van der Waals surface area contributed by atoms with E-state index in [1.807, 2.05) is 12.1 Å². The number of anilines is 1. The maximum absolute atomic E-state index is 11.0. The van der Waals surface area contributed by atoms with E-state index in [9.17, 15) is 4.79 Å². The van der Waals surface area contributed by atoms with Gasteiger partial charge in [0.2, 0.25) is 5.91 Å². The van der Waals surface area contributed by atoms with Crippen molar-refractivity contribution in [2.45, 2.75) is 39.2 Å². The Balaban J connectivity index is 1.66. The normalized spacial score (nSPS) is 12.0. The van der Waals surface area contributed by atoms with Crippen LogP contribution in [0.25, 0.3) is 0 Å². The van der Waals surface area contributed by atoms with Gasteiger partial charge in [0.05, 0.1) is 0 Å².